The van der Waals surface area contributed by atoms with E-state index in [4.69, 9.17) is 14.2 Å². The number of nitrogens with one attached hydrogen (secondary N) is 2. The van der Waals surface area contributed by atoms with E-state index < -0.39 is 0 Å². The summed E-state index contributed by atoms with van der Waals surface area (Å²) in [5.41, 5.74) is 1.04. The van der Waals surface area contributed by atoms with Gasteiger partial charge in [0.2, 0.25) is 0 Å². The number of benzene rings is 1. The van der Waals surface area contributed by atoms with Gasteiger partial charge in [0.05, 0.1) is 18.8 Å². The fraction of sp³-hybridized carbons (Fsp3) is 0.667. The molecule has 2 fully saturated rings. The maximum absolute atomic E-state index is 6.18. The fourth-order valence-corrected chi connectivity index (χ4v) is 3.76. The van der Waals surface area contributed by atoms with Crippen molar-refractivity contribution in [2.45, 2.75) is 63.7 Å². The van der Waals surface area contributed by atoms with E-state index in [1.807, 2.05) is 6.07 Å². The Morgan fingerprint density at radius 1 is 1.22 bits per heavy atom. The first-order chi connectivity index (χ1) is 13.1. The molecule has 0 amide bonds. The summed E-state index contributed by atoms with van der Waals surface area (Å²) in [6, 6.07) is 6.10. The normalized spacial score (nSPS) is 23.4. The summed E-state index contributed by atoms with van der Waals surface area (Å²) in [7, 11) is 3.47. The first-order valence-electron chi connectivity index (χ1n) is 10.0. The lowest BCUT2D eigenvalue weighted by Crippen LogP contribution is -2.45. The minimum absolute atomic E-state index is 0.0972. The van der Waals surface area contributed by atoms with Gasteiger partial charge in [-0.05, 0) is 63.1 Å². The van der Waals surface area contributed by atoms with E-state index in [-0.39, 0.29) is 5.60 Å². The predicted octanol–water partition coefficient (Wildman–Crippen LogP) is 3.25. The molecule has 1 heterocycles. The summed E-state index contributed by atoms with van der Waals surface area (Å²) < 4.78 is 17.5. The van der Waals surface area contributed by atoms with Crippen LogP contribution in [0.2, 0.25) is 0 Å². The second-order valence-corrected chi connectivity index (χ2v) is 7.69. The van der Waals surface area contributed by atoms with Crippen LogP contribution < -0.4 is 20.1 Å². The van der Waals surface area contributed by atoms with Gasteiger partial charge in [0.1, 0.15) is 0 Å². The van der Waals surface area contributed by atoms with Crippen molar-refractivity contribution in [2.24, 2.45) is 4.99 Å². The number of nitrogens with zero attached hydrogens (tertiary/aromatic N) is 1. The summed E-state index contributed by atoms with van der Waals surface area (Å²) in [5.74, 6) is 2.40. The molecule has 2 N–H and O–H groups in total. The van der Waals surface area contributed by atoms with Crippen molar-refractivity contribution in [1.29, 1.82) is 0 Å². The lowest BCUT2D eigenvalue weighted by atomic mass is 10.0. The fourth-order valence-electron chi connectivity index (χ4n) is 3.76. The lowest BCUT2D eigenvalue weighted by molar-refractivity contribution is 0.0243. The maximum atomic E-state index is 6.18. The average Bonchev–Trinajstić information content (AvgIpc) is 3.34. The van der Waals surface area contributed by atoms with E-state index in [9.17, 15) is 0 Å². The zero-order valence-electron chi connectivity index (χ0n) is 16.8. The summed E-state index contributed by atoms with van der Waals surface area (Å²) in [6.45, 7) is 4.42. The Bertz CT molecular complexity index is 636. The molecule has 1 aliphatic heterocycles. The molecule has 1 aromatic rings. The highest BCUT2D eigenvalue weighted by Crippen LogP contribution is 2.32. The topological polar surface area (TPSA) is 64.1 Å². The molecule has 1 aliphatic carbocycles. The van der Waals surface area contributed by atoms with Crippen molar-refractivity contribution in [2.75, 3.05) is 27.3 Å². The molecule has 1 atom stereocenters. The zero-order valence-corrected chi connectivity index (χ0v) is 16.8. The van der Waals surface area contributed by atoms with Crippen molar-refractivity contribution < 1.29 is 14.2 Å². The van der Waals surface area contributed by atoms with Gasteiger partial charge in [-0.3, -0.25) is 4.99 Å². The van der Waals surface area contributed by atoms with Crippen molar-refractivity contribution in [3.8, 4) is 11.5 Å². The van der Waals surface area contributed by atoms with Crippen molar-refractivity contribution in [3.05, 3.63) is 23.8 Å². The minimum atomic E-state index is -0.0972. The number of rotatable bonds is 7. The van der Waals surface area contributed by atoms with Gasteiger partial charge in [0.15, 0.2) is 17.5 Å². The molecule has 1 saturated carbocycles. The maximum Gasteiger partial charge on any atom is 0.191 e. The lowest BCUT2D eigenvalue weighted by Gasteiger charge is -2.24. The summed E-state index contributed by atoms with van der Waals surface area (Å²) in [5, 5.41) is 6.75. The molecule has 2 aliphatic rings. The van der Waals surface area contributed by atoms with E-state index >= 15 is 0 Å². The van der Waals surface area contributed by atoms with Gasteiger partial charge in [-0.2, -0.15) is 0 Å². The van der Waals surface area contributed by atoms with Crippen LogP contribution in [0.3, 0.4) is 0 Å². The SMILES string of the molecule is CN=C(NCc1ccc(OC)c(OC2CCCC2)c1)NCC1(C)CCCO1. The van der Waals surface area contributed by atoms with Crippen LogP contribution in [0.25, 0.3) is 0 Å². The molecule has 6 heteroatoms. The zero-order chi connectivity index (χ0) is 19.1. The van der Waals surface area contributed by atoms with Gasteiger partial charge in [0, 0.05) is 26.7 Å². The number of aliphatic imine (C=N–C) groups is 1. The van der Waals surface area contributed by atoms with E-state index in [1.165, 1.54) is 12.8 Å². The summed E-state index contributed by atoms with van der Waals surface area (Å²) >= 11 is 0. The van der Waals surface area contributed by atoms with Gasteiger partial charge in [-0.1, -0.05) is 6.07 Å². The molecular weight excluding hydrogens is 342 g/mol. The Morgan fingerprint density at radius 3 is 2.70 bits per heavy atom. The molecule has 1 aromatic carbocycles. The van der Waals surface area contributed by atoms with Gasteiger partial charge < -0.3 is 24.8 Å². The third kappa shape index (κ3) is 5.51. The highest BCUT2D eigenvalue weighted by molar-refractivity contribution is 5.79. The van der Waals surface area contributed by atoms with E-state index in [0.717, 1.165) is 61.9 Å². The van der Waals surface area contributed by atoms with Gasteiger partial charge in [-0.25, -0.2) is 0 Å². The number of guanidine groups is 1. The summed E-state index contributed by atoms with van der Waals surface area (Å²) in [6.07, 6.45) is 7.27. The van der Waals surface area contributed by atoms with Crippen molar-refractivity contribution >= 4 is 5.96 Å². The van der Waals surface area contributed by atoms with Crippen LogP contribution in [0, 0.1) is 0 Å². The van der Waals surface area contributed by atoms with Crippen LogP contribution in [0.1, 0.15) is 51.0 Å². The second kappa shape index (κ2) is 9.31. The minimum Gasteiger partial charge on any atom is -0.493 e. The number of methoxy groups -OCH3 is 1. The highest BCUT2D eigenvalue weighted by atomic mass is 16.5. The molecule has 1 saturated heterocycles. The van der Waals surface area contributed by atoms with Crippen LogP contribution in [-0.2, 0) is 11.3 Å². The summed E-state index contributed by atoms with van der Waals surface area (Å²) in [4.78, 5) is 4.32. The Labute approximate surface area is 162 Å². The van der Waals surface area contributed by atoms with Crippen molar-refractivity contribution in [1.82, 2.24) is 10.6 Å². The third-order valence-electron chi connectivity index (χ3n) is 5.44. The standard InChI is InChI=1S/C21H33N3O3/c1-21(11-6-12-26-21)15-24-20(22-2)23-14-16-9-10-18(25-3)19(13-16)27-17-7-4-5-8-17/h9-10,13,17H,4-8,11-12,14-15H2,1-3H3,(H2,22,23,24). The smallest absolute Gasteiger partial charge is 0.191 e. The molecular formula is C21H33N3O3. The Kier molecular flexibility index (Phi) is 6.83. The van der Waals surface area contributed by atoms with E-state index in [2.05, 4.69) is 34.7 Å². The van der Waals surface area contributed by atoms with Gasteiger partial charge in [-0.15, -0.1) is 0 Å². The van der Waals surface area contributed by atoms with Crippen LogP contribution >= 0.6 is 0 Å². The highest BCUT2D eigenvalue weighted by Gasteiger charge is 2.29. The average molecular weight is 376 g/mol. The Balaban J connectivity index is 1.55. The molecule has 27 heavy (non-hydrogen) atoms. The number of hydrogen-bond acceptors (Lipinski definition) is 4. The van der Waals surface area contributed by atoms with E-state index in [1.54, 1.807) is 14.2 Å². The molecule has 150 valence electrons. The predicted molar refractivity (Wildman–Crippen MR) is 108 cm³/mol. The van der Waals surface area contributed by atoms with Crippen LogP contribution in [-0.4, -0.2) is 45.0 Å². The first kappa shape index (κ1) is 19.8. The first-order valence-corrected chi connectivity index (χ1v) is 10.0. The number of hydrogen-bond donors (Lipinski definition) is 2. The molecule has 0 bridgehead atoms. The number of ether oxygens (including phenoxy) is 3. The molecule has 0 radical (unpaired) electrons. The van der Waals surface area contributed by atoms with E-state index in [0.29, 0.717) is 12.6 Å². The monoisotopic (exact) mass is 375 g/mol. The largest absolute Gasteiger partial charge is 0.493 e. The van der Waals surface area contributed by atoms with Gasteiger partial charge >= 0.3 is 0 Å². The quantitative estimate of drug-likeness (QED) is 0.566. The van der Waals surface area contributed by atoms with Crippen molar-refractivity contribution in [3.63, 3.8) is 0 Å². The van der Waals surface area contributed by atoms with Crippen LogP contribution in [0.5, 0.6) is 11.5 Å². The Hall–Kier alpha value is -1.95. The molecule has 0 aromatic heterocycles. The molecule has 3 rings (SSSR count). The molecule has 0 spiro atoms. The van der Waals surface area contributed by atoms with Gasteiger partial charge in [0.25, 0.3) is 0 Å². The molecule has 1 unspecified atom stereocenters. The molecule has 6 nitrogen and oxygen atoms in total. The van der Waals surface area contributed by atoms with Crippen LogP contribution in [0.4, 0.5) is 0 Å². The second-order valence-electron chi connectivity index (χ2n) is 7.69. The van der Waals surface area contributed by atoms with Crippen LogP contribution in [0.15, 0.2) is 23.2 Å². The Morgan fingerprint density at radius 2 is 2.04 bits per heavy atom. The third-order valence-corrected chi connectivity index (χ3v) is 5.44.